The number of hydrogen-bond acceptors (Lipinski definition) is 5. The van der Waals surface area contributed by atoms with Crippen LogP contribution < -0.4 is 14.8 Å². The van der Waals surface area contributed by atoms with Gasteiger partial charge in [0.25, 0.3) is 0 Å². The van der Waals surface area contributed by atoms with Gasteiger partial charge in [0.2, 0.25) is 0 Å². The van der Waals surface area contributed by atoms with Gasteiger partial charge in [-0.2, -0.15) is 26.3 Å². The van der Waals surface area contributed by atoms with Crippen molar-refractivity contribution in [2.24, 2.45) is 0 Å². The lowest BCUT2D eigenvalue weighted by atomic mass is 9.86. The Morgan fingerprint density at radius 3 is 2.21 bits per heavy atom. The molecular weight excluding hydrogens is 484 g/mol. The second-order valence-electron chi connectivity index (χ2n) is 8.27. The van der Waals surface area contributed by atoms with Gasteiger partial charge in [0.15, 0.2) is 11.5 Å². The third-order valence-corrected chi connectivity index (χ3v) is 6.91. The molecule has 0 fully saturated rings. The van der Waals surface area contributed by atoms with Crippen LogP contribution in [-0.2, 0) is 0 Å². The third kappa shape index (κ3) is 6.73. The normalized spacial score (nSPS) is 22.0. The summed E-state index contributed by atoms with van der Waals surface area (Å²) in [4.78, 5) is 0.605. The highest BCUT2D eigenvalue weighted by Crippen LogP contribution is 2.47. The molecule has 0 aromatic heterocycles. The van der Waals surface area contributed by atoms with Crippen LogP contribution in [0.25, 0.3) is 0 Å². The maximum Gasteiger partial charge on any atom is 0.391 e. The van der Waals surface area contributed by atoms with Crippen LogP contribution in [0.15, 0.2) is 47.4 Å². The lowest BCUT2D eigenvalue weighted by Gasteiger charge is -2.39. The number of ether oxygens (including phenoxy) is 2. The van der Waals surface area contributed by atoms with Crippen LogP contribution >= 0.6 is 11.8 Å². The van der Waals surface area contributed by atoms with Gasteiger partial charge in [-0.1, -0.05) is 30.3 Å². The molecule has 1 aliphatic rings. The molecule has 0 saturated heterocycles. The van der Waals surface area contributed by atoms with Crippen LogP contribution in [-0.4, -0.2) is 49.1 Å². The van der Waals surface area contributed by atoms with E-state index >= 15 is 0 Å². The van der Waals surface area contributed by atoms with E-state index in [-0.39, 0.29) is 5.75 Å². The summed E-state index contributed by atoms with van der Waals surface area (Å²) in [6.07, 6.45) is -15.1. The average molecular weight is 510 g/mol. The zero-order valence-corrected chi connectivity index (χ0v) is 19.3. The van der Waals surface area contributed by atoms with Gasteiger partial charge in [0.05, 0.1) is 39.2 Å². The molecule has 4 nitrogen and oxygen atoms in total. The summed E-state index contributed by atoms with van der Waals surface area (Å²) in [5.41, 5.74) is -0.647. The van der Waals surface area contributed by atoms with Gasteiger partial charge < -0.3 is 14.6 Å². The van der Waals surface area contributed by atoms with Gasteiger partial charge in [-0.25, -0.2) is 0 Å². The van der Waals surface area contributed by atoms with E-state index < -0.39 is 49.3 Å². The molecule has 11 heteroatoms. The van der Waals surface area contributed by atoms with Gasteiger partial charge in [-0.15, -0.1) is 11.8 Å². The van der Waals surface area contributed by atoms with E-state index in [2.05, 4.69) is 5.32 Å². The molecule has 34 heavy (non-hydrogen) atoms. The van der Waals surface area contributed by atoms with Gasteiger partial charge in [0.1, 0.15) is 0 Å². The Balaban J connectivity index is 2.12. The van der Waals surface area contributed by atoms with E-state index in [1.54, 1.807) is 42.5 Å². The number of hydrogen-bond donors (Lipinski definition) is 2. The van der Waals surface area contributed by atoms with Crippen LogP contribution in [0, 0.1) is 0 Å². The largest absolute Gasteiger partial charge is 0.493 e. The number of rotatable bonds is 7. The lowest BCUT2D eigenvalue weighted by molar-refractivity contribution is -0.164. The van der Waals surface area contributed by atoms with E-state index in [0.29, 0.717) is 27.5 Å². The summed E-state index contributed by atoms with van der Waals surface area (Å²) in [6.45, 7) is 0. The van der Waals surface area contributed by atoms with E-state index in [1.165, 1.54) is 14.2 Å². The minimum Gasteiger partial charge on any atom is -0.493 e. The maximum atomic E-state index is 13.7. The summed E-state index contributed by atoms with van der Waals surface area (Å²) in [5, 5.41) is 13.2. The second-order valence-corrected chi connectivity index (χ2v) is 9.29. The van der Waals surface area contributed by atoms with Crippen molar-refractivity contribution in [2.75, 3.05) is 20.0 Å². The highest BCUT2D eigenvalue weighted by atomic mass is 32.2. The standard InChI is InChI=1S/C23H25F6NO3S/c1-32-17-8-16-19(9-18(17)33-2)34-13-21(12-23(27,28)29,10-15(31)11-22(24,25)26)30-20(16)14-6-4-3-5-7-14/h3-9,15,20,30-31H,10-13H2,1-2H3. The third-order valence-electron chi connectivity index (χ3n) is 5.55. The van der Waals surface area contributed by atoms with E-state index in [0.717, 1.165) is 11.8 Å². The molecule has 0 saturated carbocycles. The Morgan fingerprint density at radius 2 is 1.65 bits per heavy atom. The van der Waals surface area contributed by atoms with Crippen LogP contribution in [0.1, 0.15) is 36.4 Å². The molecule has 0 amide bonds. The molecule has 1 heterocycles. The number of thioether (sulfide) groups is 1. The molecule has 0 aliphatic carbocycles. The Hall–Kier alpha value is -2.11. The summed E-state index contributed by atoms with van der Waals surface area (Å²) < 4.78 is 90.5. The maximum absolute atomic E-state index is 13.7. The highest BCUT2D eigenvalue weighted by Gasteiger charge is 2.48. The van der Waals surface area contributed by atoms with Gasteiger partial charge >= 0.3 is 12.4 Å². The molecule has 2 aromatic carbocycles. The summed E-state index contributed by atoms with van der Waals surface area (Å²) in [7, 11) is 2.86. The van der Waals surface area contributed by atoms with Gasteiger partial charge in [-0.05, 0) is 29.7 Å². The van der Waals surface area contributed by atoms with Crippen molar-refractivity contribution in [3.8, 4) is 11.5 Å². The SMILES string of the molecule is COc1cc2c(cc1OC)C(c1ccccc1)NC(CC(O)CC(F)(F)F)(CC(F)(F)F)CS2. The van der Waals surface area contributed by atoms with Crippen molar-refractivity contribution in [1.82, 2.24) is 5.32 Å². The lowest BCUT2D eigenvalue weighted by Crippen LogP contribution is -2.53. The Morgan fingerprint density at radius 1 is 1.03 bits per heavy atom. The summed E-state index contributed by atoms with van der Waals surface area (Å²) in [5.74, 6) is 0.527. The number of aliphatic hydroxyl groups is 1. The van der Waals surface area contributed by atoms with E-state index in [9.17, 15) is 31.4 Å². The minimum atomic E-state index is -4.71. The summed E-state index contributed by atoms with van der Waals surface area (Å²) in [6, 6.07) is 11.1. The number of nitrogens with one attached hydrogen (secondary N) is 1. The van der Waals surface area contributed by atoms with Crippen LogP contribution in [0.4, 0.5) is 26.3 Å². The van der Waals surface area contributed by atoms with Crippen molar-refractivity contribution in [3.05, 3.63) is 53.6 Å². The van der Waals surface area contributed by atoms with E-state index in [4.69, 9.17) is 9.47 Å². The molecule has 0 bridgehead atoms. The number of alkyl halides is 6. The van der Waals surface area contributed by atoms with Crippen molar-refractivity contribution in [1.29, 1.82) is 0 Å². The first kappa shape index (κ1) is 26.5. The molecular formula is C23H25F6NO3S. The first-order valence-electron chi connectivity index (χ1n) is 10.4. The first-order chi connectivity index (χ1) is 15.8. The predicted molar refractivity (Wildman–Crippen MR) is 116 cm³/mol. The van der Waals surface area contributed by atoms with Crippen molar-refractivity contribution < 1.29 is 40.9 Å². The van der Waals surface area contributed by atoms with Crippen LogP contribution in [0.3, 0.4) is 0 Å². The number of fused-ring (bicyclic) bond motifs is 1. The van der Waals surface area contributed by atoms with Crippen molar-refractivity contribution in [3.63, 3.8) is 0 Å². The molecule has 188 valence electrons. The molecule has 1 aliphatic heterocycles. The average Bonchev–Trinajstić information content (AvgIpc) is 2.87. The molecule has 2 N–H and O–H groups in total. The fourth-order valence-corrected chi connectivity index (χ4v) is 5.51. The quantitative estimate of drug-likeness (QED) is 0.457. The fraction of sp³-hybridized carbons (Fsp3) is 0.478. The predicted octanol–water partition coefficient (Wildman–Crippen LogP) is 5.88. The number of methoxy groups -OCH3 is 2. The van der Waals surface area contributed by atoms with Crippen molar-refractivity contribution >= 4 is 11.8 Å². The smallest absolute Gasteiger partial charge is 0.391 e. The van der Waals surface area contributed by atoms with E-state index in [1.807, 2.05) is 0 Å². The minimum absolute atomic E-state index is 0.215. The molecule has 0 radical (unpaired) electrons. The van der Waals surface area contributed by atoms with Gasteiger partial charge in [-0.3, -0.25) is 5.32 Å². The Labute approximate surface area is 197 Å². The second kappa shape index (κ2) is 10.2. The molecule has 3 atom stereocenters. The monoisotopic (exact) mass is 509 g/mol. The Bertz CT molecular complexity index is 970. The number of benzene rings is 2. The highest BCUT2D eigenvalue weighted by molar-refractivity contribution is 7.99. The topological polar surface area (TPSA) is 50.7 Å². The van der Waals surface area contributed by atoms with Gasteiger partial charge in [0, 0.05) is 16.2 Å². The zero-order chi connectivity index (χ0) is 25.1. The fourth-order valence-electron chi connectivity index (χ4n) is 4.24. The first-order valence-corrected chi connectivity index (χ1v) is 11.4. The molecule has 0 spiro atoms. The molecule has 2 aromatic rings. The van der Waals surface area contributed by atoms with Crippen molar-refractivity contribution in [2.45, 2.75) is 54.2 Å². The summed E-state index contributed by atoms with van der Waals surface area (Å²) >= 11 is 1.07. The zero-order valence-electron chi connectivity index (χ0n) is 18.5. The molecule has 3 unspecified atom stereocenters. The molecule has 3 rings (SSSR count). The Kier molecular flexibility index (Phi) is 7.99. The number of halogens is 6. The van der Waals surface area contributed by atoms with Crippen LogP contribution in [0.5, 0.6) is 11.5 Å². The van der Waals surface area contributed by atoms with Crippen LogP contribution in [0.2, 0.25) is 0 Å². The number of aliphatic hydroxyl groups excluding tert-OH is 1.